The predicted octanol–water partition coefficient (Wildman–Crippen LogP) is 1.00. The molecule has 7 heteroatoms. The summed E-state index contributed by atoms with van der Waals surface area (Å²) in [5, 5.41) is 0. The first-order valence-electron chi connectivity index (χ1n) is 6.25. The summed E-state index contributed by atoms with van der Waals surface area (Å²) in [6.45, 7) is 5.31. The van der Waals surface area contributed by atoms with Crippen molar-refractivity contribution in [1.82, 2.24) is 9.97 Å². The van der Waals surface area contributed by atoms with E-state index in [1.165, 1.54) is 13.4 Å². The molecule has 0 aliphatic rings. The number of ether oxygens (including phenoxy) is 3. The second-order valence-corrected chi connectivity index (χ2v) is 3.83. The molecule has 0 saturated carbocycles. The van der Waals surface area contributed by atoms with Crippen molar-refractivity contribution < 1.29 is 23.8 Å². The van der Waals surface area contributed by atoms with Gasteiger partial charge in [0.15, 0.2) is 5.92 Å². The van der Waals surface area contributed by atoms with Crippen molar-refractivity contribution in [2.75, 3.05) is 20.3 Å². The molecular formula is C13H18N2O5. The molecule has 1 aromatic heterocycles. The topological polar surface area (TPSA) is 87.6 Å². The van der Waals surface area contributed by atoms with Gasteiger partial charge in [-0.15, -0.1) is 0 Å². The largest absolute Gasteiger partial charge is 0.481 e. The van der Waals surface area contributed by atoms with Crippen LogP contribution in [-0.4, -0.2) is 42.2 Å². The summed E-state index contributed by atoms with van der Waals surface area (Å²) < 4.78 is 14.9. The highest BCUT2D eigenvalue weighted by Gasteiger charge is 2.35. The maximum atomic E-state index is 12.0. The van der Waals surface area contributed by atoms with Crippen LogP contribution in [0.5, 0.6) is 5.88 Å². The van der Waals surface area contributed by atoms with Crippen LogP contribution in [-0.2, 0) is 19.1 Å². The fourth-order valence-electron chi connectivity index (χ4n) is 1.71. The van der Waals surface area contributed by atoms with Crippen molar-refractivity contribution in [3.05, 3.63) is 17.6 Å². The van der Waals surface area contributed by atoms with Crippen LogP contribution in [0, 0.1) is 6.92 Å². The first-order valence-corrected chi connectivity index (χ1v) is 6.25. The average Bonchev–Trinajstić information content (AvgIpc) is 2.41. The van der Waals surface area contributed by atoms with Crippen LogP contribution < -0.4 is 4.74 Å². The SMILES string of the molecule is CCOC(=O)C(C(=O)OCC)c1ncnc(OC)c1C. The van der Waals surface area contributed by atoms with E-state index in [4.69, 9.17) is 14.2 Å². The second-order valence-electron chi connectivity index (χ2n) is 3.83. The Morgan fingerprint density at radius 1 is 1.15 bits per heavy atom. The lowest BCUT2D eigenvalue weighted by Gasteiger charge is -2.16. The van der Waals surface area contributed by atoms with E-state index in [1.807, 2.05) is 0 Å². The Bertz CT molecular complexity index is 472. The van der Waals surface area contributed by atoms with Crippen LogP contribution in [0.3, 0.4) is 0 Å². The zero-order chi connectivity index (χ0) is 15.1. The van der Waals surface area contributed by atoms with Crippen molar-refractivity contribution in [3.8, 4) is 5.88 Å². The number of carbonyl (C=O) groups excluding carboxylic acids is 2. The predicted molar refractivity (Wildman–Crippen MR) is 69.3 cm³/mol. The van der Waals surface area contributed by atoms with Crippen LogP contribution in [0.4, 0.5) is 0 Å². The van der Waals surface area contributed by atoms with Crippen LogP contribution in [0.25, 0.3) is 0 Å². The van der Waals surface area contributed by atoms with Crippen molar-refractivity contribution in [3.63, 3.8) is 0 Å². The van der Waals surface area contributed by atoms with Gasteiger partial charge in [-0.2, -0.15) is 0 Å². The van der Waals surface area contributed by atoms with E-state index in [2.05, 4.69) is 9.97 Å². The zero-order valence-corrected chi connectivity index (χ0v) is 12.0. The summed E-state index contributed by atoms with van der Waals surface area (Å²) in [6, 6.07) is 0. The molecule has 0 fully saturated rings. The maximum absolute atomic E-state index is 12.0. The molecule has 1 aromatic rings. The second kappa shape index (κ2) is 7.42. The van der Waals surface area contributed by atoms with Crippen molar-refractivity contribution in [2.24, 2.45) is 0 Å². The summed E-state index contributed by atoms with van der Waals surface area (Å²) in [5.41, 5.74) is 0.731. The quantitative estimate of drug-likeness (QED) is 0.568. The molecule has 1 rings (SSSR count). The number of nitrogens with zero attached hydrogens (tertiary/aromatic N) is 2. The smallest absolute Gasteiger partial charge is 0.326 e. The van der Waals surface area contributed by atoms with Gasteiger partial charge in [-0.25, -0.2) is 9.97 Å². The van der Waals surface area contributed by atoms with E-state index in [0.29, 0.717) is 11.4 Å². The number of esters is 2. The standard InChI is InChI=1S/C13H18N2O5/c1-5-19-12(16)9(13(17)20-6-2)10-8(3)11(18-4)15-7-14-10/h7,9H,5-6H2,1-4H3. The lowest BCUT2D eigenvalue weighted by molar-refractivity contribution is -0.157. The van der Waals surface area contributed by atoms with Crippen LogP contribution >= 0.6 is 0 Å². The van der Waals surface area contributed by atoms with Crippen LogP contribution in [0.15, 0.2) is 6.33 Å². The minimum Gasteiger partial charge on any atom is -0.481 e. The number of methoxy groups -OCH3 is 1. The third-order valence-corrected chi connectivity index (χ3v) is 2.59. The highest BCUT2D eigenvalue weighted by Crippen LogP contribution is 2.25. The molecular weight excluding hydrogens is 264 g/mol. The van der Waals surface area contributed by atoms with E-state index < -0.39 is 17.9 Å². The average molecular weight is 282 g/mol. The van der Waals surface area contributed by atoms with Gasteiger partial charge in [0.1, 0.15) is 6.33 Å². The molecule has 0 spiro atoms. The summed E-state index contributed by atoms with van der Waals surface area (Å²) in [6.07, 6.45) is 1.23. The van der Waals surface area contributed by atoms with Gasteiger partial charge in [-0.05, 0) is 20.8 Å². The fraction of sp³-hybridized carbons (Fsp3) is 0.538. The highest BCUT2D eigenvalue weighted by molar-refractivity contribution is 6.00. The van der Waals surface area contributed by atoms with Crippen molar-refractivity contribution in [2.45, 2.75) is 26.7 Å². The van der Waals surface area contributed by atoms with Gasteiger partial charge in [-0.1, -0.05) is 0 Å². The minimum absolute atomic E-state index is 0.163. The molecule has 0 N–H and O–H groups in total. The molecule has 0 aromatic carbocycles. The molecule has 20 heavy (non-hydrogen) atoms. The molecule has 7 nitrogen and oxygen atoms in total. The van der Waals surface area contributed by atoms with E-state index >= 15 is 0 Å². The summed E-state index contributed by atoms with van der Waals surface area (Å²) in [4.78, 5) is 31.9. The molecule has 0 saturated heterocycles. The Labute approximate surface area is 117 Å². The Morgan fingerprint density at radius 2 is 1.70 bits per heavy atom. The highest BCUT2D eigenvalue weighted by atomic mass is 16.6. The first-order chi connectivity index (χ1) is 9.56. The monoisotopic (exact) mass is 282 g/mol. The number of carbonyl (C=O) groups is 2. The molecule has 0 unspecified atom stereocenters. The zero-order valence-electron chi connectivity index (χ0n) is 12.0. The van der Waals surface area contributed by atoms with Crippen molar-refractivity contribution in [1.29, 1.82) is 0 Å². The van der Waals surface area contributed by atoms with Crippen LogP contribution in [0.1, 0.15) is 31.0 Å². The molecule has 0 aliphatic carbocycles. The van der Waals surface area contributed by atoms with Gasteiger partial charge < -0.3 is 14.2 Å². The lowest BCUT2D eigenvalue weighted by Crippen LogP contribution is -2.28. The normalized spacial score (nSPS) is 10.2. The van der Waals surface area contributed by atoms with E-state index in [9.17, 15) is 9.59 Å². The molecule has 110 valence electrons. The van der Waals surface area contributed by atoms with E-state index in [1.54, 1.807) is 20.8 Å². The third-order valence-electron chi connectivity index (χ3n) is 2.59. The molecule has 0 amide bonds. The molecule has 0 bridgehead atoms. The minimum atomic E-state index is -1.23. The number of hydrogen-bond donors (Lipinski definition) is 0. The van der Waals surface area contributed by atoms with Gasteiger partial charge in [-0.3, -0.25) is 9.59 Å². The summed E-state index contributed by atoms with van der Waals surface area (Å²) in [7, 11) is 1.45. The Kier molecular flexibility index (Phi) is 5.89. The number of aromatic nitrogens is 2. The van der Waals surface area contributed by atoms with E-state index in [0.717, 1.165) is 0 Å². The van der Waals surface area contributed by atoms with Crippen LogP contribution in [0.2, 0.25) is 0 Å². The summed E-state index contributed by atoms with van der Waals surface area (Å²) in [5.74, 6) is -2.33. The first kappa shape index (κ1) is 15.9. The molecule has 0 atom stereocenters. The summed E-state index contributed by atoms with van der Waals surface area (Å²) >= 11 is 0. The Morgan fingerprint density at radius 3 is 2.15 bits per heavy atom. The maximum Gasteiger partial charge on any atom is 0.326 e. The van der Waals surface area contributed by atoms with Gasteiger partial charge in [0.05, 0.1) is 26.0 Å². The van der Waals surface area contributed by atoms with Gasteiger partial charge in [0.2, 0.25) is 5.88 Å². The lowest BCUT2D eigenvalue weighted by atomic mass is 10.0. The van der Waals surface area contributed by atoms with E-state index in [-0.39, 0.29) is 18.9 Å². The van der Waals surface area contributed by atoms with Crippen molar-refractivity contribution >= 4 is 11.9 Å². The van der Waals surface area contributed by atoms with Gasteiger partial charge in [0, 0.05) is 5.56 Å². The fourth-order valence-corrected chi connectivity index (χ4v) is 1.71. The molecule has 0 aliphatic heterocycles. The Hall–Kier alpha value is -2.18. The number of hydrogen-bond acceptors (Lipinski definition) is 7. The number of rotatable bonds is 6. The molecule has 1 heterocycles. The third kappa shape index (κ3) is 3.43. The Balaban J connectivity index is 3.23. The van der Waals surface area contributed by atoms with Gasteiger partial charge >= 0.3 is 11.9 Å². The van der Waals surface area contributed by atoms with Gasteiger partial charge in [0.25, 0.3) is 0 Å². The molecule has 0 radical (unpaired) electrons.